The number of aliphatic hydroxyl groups excluding tert-OH is 1. The van der Waals surface area contributed by atoms with E-state index >= 15 is 0 Å². The van der Waals surface area contributed by atoms with E-state index < -0.39 is 5.97 Å². The lowest BCUT2D eigenvalue weighted by Crippen LogP contribution is -2.45. The molecule has 5 saturated carbocycles. The standard InChI is InChI=1S/C40H53NO4.C3H6.CH3NO/c1-26(2)6-4-20-40-34-15-14-31-32-9-5-19-38(32,22-17-33(31)39(34,40)23-18-35(40)42)21-16-27-7-3-8-30(24-27)36(43)41-25-28-10-12-29(13-11-28)37(44)45;1-3-2;2-1-3/h3,7-8,10-13,24,26,31-35,42H,4-6,9,14-23,25H2,1-2H3,(H,41,43)(H,44,45);3H,1H2,2H3;1H,(H2,2,3). The summed E-state index contributed by atoms with van der Waals surface area (Å²) in [6, 6.07) is 14.8. The summed E-state index contributed by atoms with van der Waals surface area (Å²) >= 11 is 0. The quantitative estimate of drug-likeness (QED) is 0.138. The molecule has 5 N–H and O–H groups in total. The van der Waals surface area contributed by atoms with E-state index in [1.165, 1.54) is 82.6 Å². The van der Waals surface area contributed by atoms with Gasteiger partial charge in [0.15, 0.2) is 0 Å². The molecule has 8 unspecified atom stereocenters. The molecule has 5 aliphatic carbocycles. The summed E-state index contributed by atoms with van der Waals surface area (Å²) in [6.07, 6.45) is 19.9. The first-order valence-corrected chi connectivity index (χ1v) is 19.6. The predicted molar refractivity (Wildman–Crippen MR) is 203 cm³/mol. The lowest BCUT2D eigenvalue weighted by molar-refractivity contribution is -0.106. The zero-order valence-electron chi connectivity index (χ0n) is 31.2. The van der Waals surface area contributed by atoms with Crippen LogP contribution in [-0.4, -0.2) is 34.6 Å². The van der Waals surface area contributed by atoms with E-state index in [0.717, 1.165) is 48.0 Å². The highest BCUT2D eigenvalue weighted by atomic mass is 16.4. The second kappa shape index (κ2) is 16.5. The minimum atomic E-state index is -0.947. The number of primary amides is 1. The molecule has 0 bridgehead atoms. The van der Waals surface area contributed by atoms with Crippen LogP contribution in [0.4, 0.5) is 0 Å². The number of amides is 2. The fourth-order valence-electron chi connectivity index (χ4n) is 12.2. The summed E-state index contributed by atoms with van der Waals surface area (Å²) in [5.74, 6) is 3.00. The van der Waals surface area contributed by atoms with E-state index in [1.807, 2.05) is 19.1 Å². The lowest BCUT2D eigenvalue weighted by atomic mass is 9.52. The van der Waals surface area contributed by atoms with Gasteiger partial charge in [-0.1, -0.05) is 63.5 Å². The van der Waals surface area contributed by atoms with Crippen LogP contribution in [0, 0.1) is 45.8 Å². The van der Waals surface area contributed by atoms with Gasteiger partial charge in [-0.2, -0.15) is 0 Å². The van der Waals surface area contributed by atoms with Crippen molar-refractivity contribution in [2.24, 2.45) is 51.6 Å². The number of nitrogens with one attached hydrogen (secondary N) is 1. The molecule has 0 heterocycles. The van der Waals surface area contributed by atoms with Gasteiger partial charge in [-0.3, -0.25) is 9.59 Å². The van der Waals surface area contributed by atoms with Crippen molar-refractivity contribution < 1.29 is 24.6 Å². The van der Waals surface area contributed by atoms with Crippen molar-refractivity contribution >= 4 is 18.3 Å². The zero-order chi connectivity index (χ0) is 36.8. The van der Waals surface area contributed by atoms with Crippen molar-refractivity contribution in [2.75, 3.05) is 0 Å². The lowest BCUT2D eigenvalue weighted by Gasteiger charge is -2.53. The Morgan fingerprint density at radius 2 is 1.69 bits per heavy atom. The molecule has 2 aromatic carbocycles. The number of rotatable bonds is 11. The number of carboxylic acids is 1. The second-order valence-electron chi connectivity index (χ2n) is 16.7. The average Bonchev–Trinajstić information content (AvgIpc) is 3.32. The third-order valence-corrected chi connectivity index (χ3v) is 14.0. The Morgan fingerprint density at radius 3 is 2.37 bits per heavy atom. The van der Waals surface area contributed by atoms with Gasteiger partial charge in [0.05, 0.1) is 11.7 Å². The number of aliphatic hydroxyl groups is 1. The molecule has 278 valence electrons. The SMILES string of the molecule is C=CC.CC(C)CCCC12C(O)CCC13C1CCC4(CCc5cccc(C(=O)NCc6ccc(C(=O)O)cc6)c5)CCCC4C1CCC23.NC=O. The van der Waals surface area contributed by atoms with E-state index in [2.05, 4.69) is 43.6 Å². The van der Waals surface area contributed by atoms with Gasteiger partial charge < -0.3 is 21.3 Å². The van der Waals surface area contributed by atoms with Crippen molar-refractivity contribution in [3.8, 4) is 0 Å². The Hall–Kier alpha value is -3.45. The number of carbonyl (C=O) groups excluding carboxylic acids is 2. The molecule has 7 heteroatoms. The van der Waals surface area contributed by atoms with Gasteiger partial charge in [-0.15, -0.1) is 6.58 Å². The number of carboxylic acid groups (broad SMARTS) is 1. The Morgan fingerprint density at radius 1 is 0.961 bits per heavy atom. The molecule has 2 aromatic rings. The Labute approximate surface area is 305 Å². The van der Waals surface area contributed by atoms with Crippen LogP contribution in [0.3, 0.4) is 0 Å². The van der Waals surface area contributed by atoms with Crippen LogP contribution in [0.15, 0.2) is 61.2 Å². The normalized spacial score (nSPS) is 32.4. The van der Waals surface area contributed by atoms with E-state index in [1.54, 1.807) is 30.3 Å². The van der Waals surface area contributed by atoms with Crippen molar-refractivity contribution in [1.82, 2.24) is 5.32 Å². The summed E-state index contributed by atoms with van der Waals surface area (Å²) < 4.78 is 0. The minimum Gasteiger partial charge on any atom is -0.478 e. The monoisotopic (exact) mass is 698 g/mol. The van der Waals surface area contributed by atoms with E-state index in [0.29, 0.717) is 22.9 Å². The maximum absolute atomic E-state index is 13.0. The van der Waals surface area contributed by atoms with Gasteiger partial charge in [0.25, 0.3) is 5.91 Å². The highest BCUT2D eigenvalue weighted by Gasteiger charge is 2.84. The van der Waals surface area contributed by atoms with Crippen molar-refractivity contribution in [1.29, 1.82) is 0 Å². The maximum Gasteiger partial charge on any atom is 0.335 e. The molecule has 0 aromatic heterocycles. The van der Waals surface area contributed by atoms with Crippen LogP contribution in [0.2, 0.25) is 0 Å². The largest absolute Gasteiger partial charge is 0.478 e. The van der Waals surface area contributed by atoms with Crippen molar-refractivity contribution in [3.05, 3.63) is 83.4 Å². The number of aromatic carboxylic acids is 1. The number of aryl methyl sites for hydroxylation is 1. The average molecular weight is 699 g/mol. The molecule has 8 atom stereocenters. The zero-order valence-corrected chi connectivity index (χ0v) is 31.2. The molecule has 0 saturated heterocycles. The van der Waals surface area contributed by atoms with Gasteiger partial charge in [0.2, 0.25) is 6.41 Å². The van der Waals surface area contributed by atoms with Gasteiger partial charge in [-0.25, -0.2) is 4.79 Å². The fourth-order valence-corrected chi connectivity index (χ4v) is 12.2. The summed E-state index contributed by atoms with van der Waals surface area (Å²) in [5.41, 5.74) is 8.37. The summed E-state index contributed by atoms with van der Waals surface area (Å²) in [7, 11) is 0. The molecule has 2 amide bonds. The molecular formula is C44H62N2O5. The smallest absolute Gasteiger partial charge is 0.335 e. The van der Waals surface area contributed by atoms with E-state index in [4.69, 9.17) is 9.90 Å². The molecule has 1 spiro atoms. The molecule has 7 rings (SSSR count). The summed E-state index contributed by atoms with van der Waals surface area (Å²) in [6.45, 7) is 10.3. The van der Waals surface area contributed by atoms with Crippen LogP contribution in [0.1, 0.15) is 136 Å². The number of carbonyl (C=O) groups is 3. The minimum absolute atomic E-state index is 0.0642. The molecule has 7 nitrogen and oxygen atoms in total. The summed E-state index contributed by atoms with van der Waals surface area (Å²) in [4.78, 5) is 32.7. The number of allylic oxidation sites excluding steroid dienone is 1. The van der Waals surface area contributed by atoms with Gasteiger partial charge in [-0.05, 0) is 153 Å². The van der Waals surface area contributed by atoms with Gasteiger partial charge in [0, 0.05) is 17.5 Å². The van der Waals surface area contributed by atoms with E-state index in [-0.39, 0.29) is 29.4 Å². The fraction of sp³-hybridized carbons (Fsp3) is 0.614. The first-order valence-electron chi connectivity index (χ1n) is 19.6. The van der Waals surface area contributed by atoms with Crippen LogP contribution in [0.5, 0.6) is 0 Å². The molecule has 0 aliphatic heterocycles. The van der Waals surface area contributed by atoms with E-state index in [9.17, 15) is 14.7 Å². The third-order valence-electron chi connectivity index (χ3n) is 14.0. The third kappa shape index (κ3) is 7.42. The Bertz CT molecular complexity index is 1520. The topological polar surface area (TPSA) is 130 Å². The Kier molecular flexibility index (Phi) is 12.5. The highest BCUT2D eigenvalue weighted by molar-refractivity contribution is 5.94. The van der Waals surface area contributed by atoms with Gasteiger partial charge in [0.1, 0.15) is 0 Å². The highest BCUT2D eigenvalue weighted by Crippen LogP contribution is 2.88. The first-order chi connectivity index (χ1) is 24.5. The first kappa shape index (κ1) is 38.8. The molecule has 5 fully saturated rings. The molecular weight excluding hydrogens is 636 g/mol. The molecule has 0 radical (unpaired) electrons. The van der Waals surface area contributed by atoms with Crippen molar-refractivity contribution in [3.63, 3.8) is 0 Å². The predicted octanol–water partition coefficient (Wildman–Crippen LogP) is 8.73. The van der Waals surface area contributed by atoms with Crippen molar-refractivity contribution in [2.45, 2.75) is 123 Å². The van der Waals surface area contributed by atoms with Crippen LogP contribution < -0.4 is 11.1 Å². The van der Waals surface area contributed by atoms with Gasteiger partial charge >= 0.3 is 5.97 Å². The maximum atomic E-state index is 13.0. The Balaban J connectivity index is 0.000000787. The number of benzene rings is 2. The number of hydrogen-bond donors (Lipinski definition) is 4. The molecule has 5 aliphatic rings. The van der Waals surface area contributed by atoms with Crippen LogP contribution in [-0.2, 0) is 17.8 Å². The number of hydrogen-bond acceptors (Lipinski definition) is 4. The number of fused-ring (bicyclic) bond motifs is 4. The van der Waals surface area contributed by atoms with Crippen LogP contribution in [0.25, 0.3) is 0 Å². The van der Waals surface area contributed by atoms with Crippen LogP contribution >= 0.6 is 0 Å². The second-order valence-corrected chi connectivity index (χ2v) is 16.7. The molecule has 51 heavy (non-hydrogen) atoms. The number of nitrogens with two attached hydrogens (primary N) is 1. The summed E-state index contributed by atoms with van der Waals surface area (Å²) in [5, 5.41) is 23.6.